The van der Waals surface area contributed by atoms with Crippen LogP contribution in [-0.2, 0) is 22.5 Å². The Hall–Kier alpha value is -0.910. The second-order valence-electron chi connectivity index (χ2n) is 5.36. The zero-order chi connectivity index (χ0) is 14.3. The minimum absolute atomic E-state index is 0.0981. The van der Waals surface area contributed by atoms with Gasteiger partial charge < -0.3 is 15.2 Å². The number of carbonyl (C=O) groups excluding carboxylic acids is 1. The van der Waals surface area contributed by atoms with Crippen molar-refractivity contribution in [2.45, 2.75) is 33.2 Å². The monoisotopic (exact) mass is 285 g/mol. The lowest BCUT2D eigenvalue weighted by Crippen LogP contribution is -2.29. The third-order valence-corrected chi connectivity index (χ3v) is 4.04. The molecule has 0 spiro atoms. The first-order valence-electron chi connectivity index (χ1n) is 6.43. The van der Waals surface area contributed by atoms with Gasteiger partial charge in [0.25, 0.3) is 0 Å². The molecule has 1 rings (SSSR count). The molecular weight excluding hydrogens is 262 g/mol. The highest BCUT2D eigenvalue weighted by atomic mass is 32.1. The zero-order valence-electron chi connectivity index (χ0n) is 11.9. The molecule has 1 aromatic rings. The van der Waals surface area contributed by atoms with E-state index < -0.39 is 0 Å². The Morgan fingerprint density at radius 1 is 1.42 bits per heavy atom. The van der Waals surface area contributed by atoms with Crippen molar-refractivity contribution < 1.29 is 14.6 Å². The van der Waals surface area contributed by atoms with Crippen LogP contribution in [-0.4, -0.2) is 31.3 Å². The van der Waals surface area contributed by atoms with E-state index in [0.29, 0.717) is 6.42 Å². The normalized spacial score (nSPS) is 11.6. The molecule has 0 aromatic carbocycles. The Balaban J connectivity index is 2.36. The largest absolute Gasteiger partial charge is 0.469 e. The Bertz CT molecular complexity index is 401. The number of aliphatic hydroxyl groups excluding tert-OH is 1. The van der Waals surface area contributed by atoms with Crippen LogP contribution in [0.2, 0.25) is 0 Å². The van der Waals surface area contributed by atoms with Gasteiger partial charge in [-0.15, -0.1) is 11.3 Å². The molecule has 0 amide bonds. The van der Waals surface area contributed by atoms with Crippen molar-refractivity contribution in [1.82, 2.24) is 5.32 Å². The predicted octanol–water partition coefficient (Wildman–Crippen LogP) is 1.96. The molecule has 5 heteroatoms. The number of thiophene rings is 1. The van der Waals surface area contributed by atoms with Crippen molar-refractivity contribution >= 4 is 17.3 Å². The summed E-state index contributed by atoms with van der Waals surface area (Å²) in [6.07, 6.45) is 1.13. The average molecular weight is 285 g/mol. The number of nitrogens with one attached hydrogen (secondary N) is 1. The summed E-state index contributed by atoms with van der Waals surface area (Å²) in [7, 11) is 1.40. The van der Waals surface area contributed by atoms with Crippen LogP contribution in [0.15, 0.2) is 12.1 Å². The minimum atomic E-state index is -0.203. The number of methoxy groups -OCH3 is 1. The maximum Gasteiger partial charge on any atom is 0.310 e. The van der Waals surface area contributed by atoms with Crippen LogP contribution in [0.4, 0.5) is 0 Å². The fourth-order valence-corrected chi connectivity index (χ4v) is 2.72. The number of carbonyl (C=O) groups is 1. The second-order valence-corrected chi connectivity index (χ2v) is 6.62. The molecule has 0 aliphatic rings. The summed E-state index contributed by atoms with van der Waals surface area (Å²) in [6.45, 7) is 6.14. The quantitative estimate of drug-likeness (QED) is 0.717. The SMILES string of the molecule is COC(=O)Cc1ccc(CNCC(C)(C)CCO)s1. The summed E-state index contributed by atoms with van der Waals surface area (Å²) < 4.78 is 4.64. The van der Waals surface area contributed by atoms with Crippen molar-refractivity contribution in [3.63, 3.8) is 0 Å². The molecule has 19 heavy (non-hydrogen) atoms. The first-order chi connectivity index (χ1) is 8.96. The van der Waals surface area contributed by atoms with Gasteiger partial charge in [0.15, 0.2) is 0 Å². The average Bonchev–Trinajstić information content (AvgIpc) is 2.76. The van der Waals surface area contributed by atoms with Crippen molar-refractivity contribution in [3.05, 3.63) is 21.9 Å². The molecule has 0 radical (unpaired) electrons. The smallest absolute Gasteiger partial charge is 0.310 e. The molecule has 0 saturated heterocycles. The summed E-state index contributed by atoms with van der Waals surface area (Å²) >= 11 is 1.63. The number of ether oxygens (including phenoxy) is 1. The molecular formula is C14H23NO3S. The maximum atomic E-state index is 11.2. The maximum absolute atomic E-state index is 11.2. The summed E-state index contributed by atoms with van der Waals surface area (Å²) in [4.78, 5) is 13.4. The zero-order valence-corrected chi connectivity index (χ0v) is 12.7. The molecule has 0 fully saturated rings. The fourth-order valence-electron chi connectivity index (χ4n) is 1.74. The highest BCUT2D eigenvalue weighted by Gasteiger charge is 2.16. The number of hydrogen-bond acceptors (Lipinski definition) is 5. The minimum Gasteiger partial charge on any atom is -0.469 e. The number of esters is 1. The second kappa shape index (κ2) is 7.62. The molecule has 1 heterocycles. The van der Waals surface area contributed by atoms with Crippen LogP contribution in [0.25, 0.3) is 0 Å². The van der Waals surface area contributed by atoms with E-state index in [2.05, 4.69) is 23.9 Å². The lowest BCUT2D eigenvalue weighted by molar-refractivity contribution is -0.139. The van der Waals surface area contributed by atoms with Gasteiger partial charge in [-0.3, -0.25) is 4.79 Å². The van der Waals surface area contributed by atoms with E-state index in [-0.39, 0.29) is 18.0 Å². The number of rotatable bonds is 8. The number of aliphatic hydroxyl groups is 1. The van der Waals surface area contributed by atoms with Crippen molar-refractivity contribution in [1.29, 1.82) is 0 Å². The van der Waals surface area contributed by atoms with Crippen molar-refractivity contribution in [2.24, 2.45) is 5.41 Å². The van der Waals surface area contributed by atoms with E-state index in [1.54, 1.807) is 11.3 Å². The van der Waals surface area contributed by atoms with E-state index >= 15 is 0 Å². The summed E-state index contributed by atoms with van der Waals surface area (Å²) in [5.74, 6) is -0.203. The molecule has 108 valence electrons. The van der Waals surface area contributed by atoms with E-state index in [0.717, 1.165) is 24.4 Å². The molecule has 4 nitrogen and oxygen atoms in total. The van der Waals surface area contributed by atoms with Gasteiger partial charge in [-0.1, -0.05) is 13.8 Å². The Morgan fingerprint density at radius 3 is 2.74 bits per heavy atom. The van der Waals surface area contributed by atoms with E-state index in [9.17, 15) is 4.79 Å². The molecule has 2 N–H and O–H groups in total. The Labute approximate surface area is 118 Å². The molecule has 0 saturated carbocycles. The first kappa shape index (κ1) is 16.1. The third-order valence-electron chi connectivity index (χ3n) is 2.95. The van der Waals surface area contributed by atoms with Gasteiger partial charge in [-0.25, -0.2) is 0 Å². The summed E-state index contributed by atoms with van der Waals surface area (Å²) in [5.41, 5.74) is 0.0981. The van der Waals surface area contributed by atoms with Gasteiger partial charge in [-0.05, 0) is 24.0 Å². The molecule has 0 unspecified atom stereocenters. The highest BCUT2D eigenvalue weighted by molar-refractivity contribution is 7.12. The van der Waals surface area contributed by atoms with Crippen LogP contribution in [0.1, 0.15) is 30.0 Å². The van der Waals surface area contributed by atoms with E-state index in [1.807, 2.05) is 12.1 Å². The lowest BCUT2D eigenvalue weighted by Gasteiger charge is -2.23. The van der Waals surface area contributed by atoms with Crippen LogP contribution in [0.5, 0.6) is 0 Å². The van der Waals surface area contributed by atoms with Crippen LogP contribution >= 0.6 is 11.3 Å². The van der Waals surface area contributed by atoms with Crippen molar-refractivity contribution in [3.8, 4) is 0 Å². The first-order valence-corrected chi connectivity index (χ1v) is 7.24. The van der Waals surface area contributed by atoms with E-state index in [4.69, 9.17) is 5.11 Å². The third kappa shape index (κ3) is 6.18. The highest BCUT2D eigenvalue weighted by Crippen LogP contribution is 2.20. The molecule has 0 aliphatic heterocycles. The predicted molar refractivity (Wildman–Crippen MR) is 77.2 cm³/mol. The molecule has 1 aromatic heterocycles. The number of hydrogen-bond donors (Lipinski definition) is 2. The van der Waals surface area contributed by atoms with Gasteiger partial charge in [0.2, 0.25) is 0 Å². The van der Waals surface area contributed by atoms with Crippen molar-refractivity contribution in [2.75, 3.05) is 20.3 Å². The fraction of sp³-hybridized carbons (Fsp3) is 0.643. The topological polar surface area (TPSA) is 58.6 Å². The van der Waals surface area contributed by atoms with Crippen LogP contribution < -0.4 is 5.32 Å². The van der Waals surface area contributed by atoms with Gasteiger partial charge in [0.1, 0.15) is 0 Å². The van der Waals surface area contributed by atoms with Gasteiger partial charge in [0, 0.05) is 29.5 Å². The van der Waals surface area contributed by atoms with E-state index in [1.165, 1.54) is 12.0 Å². The van der Waals surface area contributed by atoms with Crippen LogP contribution in [0, 0.1) is 5.41 Å². The van der Waals surface area contributed by atoms with Gasteiger partial charge in [0.05, 0.1) is 13.5 Å². The summed E-state index contributed by atoms with van der Waals surface area (Å²) in [6, 6.07) is 4.01. The molecule has 0 aliphatic carbocycles. The standard InChI is InChI=1S/C14H23NO3S/c1-14(2,6-7-16)10-15-9-12-5-4-11(19-12)8-13(17)18-3/h4-5,15-16H,6-10H2,1-3H3. The summed E-state index contributed by atoms with van der Waals surface area (Å²) in [5, 5.41) is 12.3. The molecule has 0 bridgehead atoms. The van der Waals surface area contributed by atoms with Gasteiger partial charge in [-0.2, -0.15) is 0 Å². The Morgan fingerprint density at radius 2 is 2.11 bits per heavy atom. The Kier molecular flexibility index (Phi) is 6.48. The molecule has 0 atom stereocenters. The van der Waals surface area contributed by atoms with Crippen LogP contribution in [0.3, 0.4) is 0 Å². The lowest BCUT2D eigenvalue weighted by atomic mass is 9.90. The van der Waals surface area contributed by atoms with Gasteiger partial charge >= 0.3 is 5.97 Å².